The van der Waals surface area contributed by atoms with Crippen LogP contribution in [0.1, 0.15) is 47.6 Å². The lowest BCUT2D eigenvalue weighted by Crippen LogP contribution is -2.41. The summed E-state index contributed by atoms with van der Waals surface area (Å²) in [4.78, 5) is 18.7. The molecule has 0 aromatic heterocycles. The predicted octanol–water partition coefficient (Wildman–Crippen LogP) is 3.60. The highest BCUT2D eigenvalue weighted by Crippen LogP contribution is 2.20. The maximum Gasteiger partial charge on any atom is 0.155 e. The molecule has 0 radical (unpaired) electrons. The Morgan fingerprint density at radius 3 is 2.45 bits per heavy atom. The number of hydrogen-bond donors (Lipinski definition) is 2. The van der Waals surface area contributed by atoms with Crippen molar-refractivity contribution in [3.8, 4) is 0 Å². The van der Waals surface area contributed by atoms with E-state index in [-0.39, 0.29) is 17.5 Å². The molecule has 1 aliphatic rings. The van der Waals surface area contributed by atoms with Crippen LogP contribution in [0.15, 0.2) is 53.0 Å². The molecule has 1 heterocycles. The molecule has 1 aliphatic heterocycles. The Morgan fingerprint density at radius 2 is 1.84 bits per heavy atom. The normalized spacial score (nSPS) is 21.0. The first-order valence-electron chi connectivity index (χ1n) is 10.9. The molecule has 4 N–H and O–H groups in total. The van der Waals surface area contributed by atoms with Crippen LogP contribution in [0.3, 0.4) is 0 Å². The van der Waals surface area contributed by atoms with Crippen molar-refractivity contribution < 1.29 is 4.79 Å². The maximum atomic E-state index is 11.8. The van der Waals surface area contributed by atoms with Crippen LogP contribution in [0.2, 0.25) is 0 Å². The largest absolute Gasteiger partial charge is 0.398 e. The fraction of sp³-hybridized carbons (Fsp3) is 0.385. The Labute approximate surface area is 185 Å². The molecule has 31 heavy (non-hydrogen) atoms. The van der Waals surface area contributed by atoms with Crippen molar-refractivity contribution in [3.63, 3.8) is 0 Å². The number of nitrogens with zero attached hydrogens (tertiary/aromatic N) is 2. The topological polar surface area (TPSA) is 84.7 Å². The summed E-state index contributed by atoms with van der Waals surface area (Å²) in [6.45, 7) is 7.29. The van der Waals surface area contributed by atoms with Crippen molar-refractivity contribution in [2.75, 3.05) is 13.6 Å². The summed E-state index contributed by atoms with van der Waals surface area (Å²) in [7, 11) is 2.09. The van der Waals surface area contributed by atoms with Crippen LogP contribution in [0.5, 0.6) is 0 Å². The van der Waals surface area contributed by atoms with Crippen molar-refractivity contribution in [2.24, 2.45) is 16.5 Å². The number of carbonyl (C=O) groups is 1. The molecule has 1 saturated heterocycles. The minimum Gasteiger partial charge on any atom is -0.398 e. The molecule has 0 saturated carbocycles. The van der Waals surface area contributed by atoms with Gasteiger partial charge in [0, 0.05) is 12.6 Å². The Morgan fingerprint density at radius 1 is 1.13 bits per heavy atom. The van der Waals surface area contributed by atoms with Gasteiger partial charge in [-0.15, -0.1) is 0 Å². The smallest absolute Gasteiger partial charge is 0.155 e. The van der Waals surface area contributed by atoms with Gasteiger partial charge in [-0.1, -0.05) is 48.0 Å². The van der Waals surface area contributed by atoms with Crippen molar-refractivity contribution in [1.29, 1.82) is 0 Å². The minimum atomic E-state index is 0.0871. The Balaban J connectivity index is 1.78. The first kappa shape index (κ1) is 22.8. The molecule has 2 unspecified atom stereocenters. The van der Waals surface area contributed by atoms with Gasteiger partial charge in [-0.3, -0.25) is 9.79 Å². The van der Waals surface area contributed by atoms with Gasteiger partial charge in [-0.2, -0.15) is 0 Å². The lowest BCUT2D eigenvalue weighted by Gasteiger charge is -2.33. The van der Waals surface area contributed by atoms with Gasteiger partial charge in [0.2, 0.25) is 0 Å². The Hall–Kier alpha value is -2.92. The van der Waals surface area contributed by atoms with Gasteiger partial charge in [-0.25, -0.2) is 0 Å². The van der Waals surface area contributed by atoms with E-state index in [1.54, 1.807) is 0 Å². The zero-order valence-corrected chi connectivity index (χ0v) is 19.1. The van der Waals surface area contributed by atoms with E-state index >= 15 is 0 Å². The lowest BCUT2D eigenvalue weighted by atomic mass is 9.97. The number of piperidine rings is 1. The molecular formula is C26H34N4O. The fourth-order valence-corrected chi connectivity index (χ4v) is 4.11. The third-order valence-electron chi connectivity index (χ3n) is 6.33. The number of amidine groups is 1. The molecule has 2 aromatic carbocycles. The number of hydrogen-bond acceptors (Lipinski definition) is 4. The summed E-state index contributed by atoms with van der Waals surface area (Å²) in [5, 5.41) is 0. The van der Waals surface area contributed by atoms with Crippen LogP contribution in [0.25, 0.3) is 5.70 Å². The quantitative estimate of drug-likeness (QED) is 0.325. The zero-order valence-electron chi connectivity index (χ0n) is 19.1. The van der Waals surface area contributed by atoms with Crippen LogP contribution < -0.4 is 11.5 Å². The van der Waals surface area contributed by atoms with E-state index in [1.165, 1.54) is 22.3 Å². The van der Waals surface area contributed by atoms with E-state index in [1.807, 2.05) is 12.1 Å². The van der Waals surface area contributed by atoms with E-state index in [4.69, 9.17) is 11.5 Å². The molecular weight excluding hydrogens is 384 g/mol. The second-order valence-electron chi connectivity index (χ2n) is 8.78. The highest BCUT2D eigenvalue weighted by atomic mass is 16.1. The number of likely N-dealkylation sites (N-methyl/N-ethyl adjacent to an activating group) is 1. The van der Waals surface area contributed by atoms with E-state index in [0.29, 0.717) is 18.0 Å². The number of likely N-dealkylation sites (tertiary alicyclic amines) is 1. The zero-order chi connectivity index (χ0) is 22.5. The summed E-state index contributed by atoms with van der Waals surface area (Å²) in [5.41, 5.74) is 19.0. The molecule has 0 aliphatic carbocycles. The van der Waals surface area contributed by atoms with Gasteiger partial charge in [-0.05, 0) is 69.3 Å². The molecule has 2 atom stereocenters. The third kappa shape index (κ3) is 5.61. The van der Waals surface area contributed by atoms with Gasteiger partial charge in [0.25, 0.3) is 0 Å². The number of carbonyl (C=O) groups excluding carboxylic acids is 1. The Bertz CT molecular complexity index is 991. The lowest BCUT2D eigenvalue weighted by molar-refractivity contribution is -0.104. The molecule has 0 amide bonds. The van der Waals surface area contributed by atoms with Crippen molar-refractivity contribution in [1.82, 2.24) is 4.90 Å². The number of aldehydes is 1. The number of nitrogens with two attached hydrogens (primary N) is 2. The summed E-state index contributed by atoms with van der Waals surface area (Å²) in [5.74, 6) is 0.222. The van der Waals surface area contributed by atoms with Gasteiger partial charge in [0.15, 0.2) is 6.29 Å². The standard InChI is InChI=1S/C26H34N4O/c1-17-5-9-22(18(2)13-17)14-20-7-10-21(11-8-20)25(27)24(16-31)26(28)29-23-12-6-19(3)30(4)15-23/h5,7-11,13,16,19,23H,6,12,14-15,27H2,1-4H3,(H2,28,29). The van der Waals surface area contributed by atoms with Crippen LogP contribution in [0.4, 0.5) is 0 Å². The van der Waals surface area contributed by atoms with Crippen LogP contribution in [-0.4, -0.2) is 42.7 Å². The van der Waals surface area contributed by atoms with Gasteiger partial charge in [0.05, 0.1) is 17.3 Å². The second kappa shape index (κ2) is 9.92. The third-order valence-corrected chi connectivity index (χ3v) is 6.33. The predicted molar refractivity (Wildman–Crippen MR) is 129 cm³/mol. The van der Waals surface area contributed by atoms with Crippen molar-refractivity contribution >= 4 is 17.8 Å². The maximum absolute atomic E-state index is 11.8. The molecule has 2 aromatic rings. The summed E-state index contributed by atoms with van der Waals surface area (Å²) in [6, 6.07) is 15.1. The fourth-order valence-electron chi connectivity index (χ4n) is 4.11. The number of aryl methyl sites for hydroxylation is 2. The first-order valence-corrected chi connectivity index (χ1v) is 10.9. The molecule has 5 nitrogen and oxygen atoms in total. The van der Waals surface area contributed by atoms with Gasteiger partial charge < -0.3 is 16.4 Å². The van der Waals surface area contributed by atoms with Crippen LogP contribution in [0, 0.1) is 13.8 Å². The average molecular weight is 419 g/mol. The number of rotatable bonds is 6. The highest BCUT2D eigenvalue weighted by Gasteiger charge is 2.23. The molecule has 0 bridgehead atoms. The minimum absolute atomic E-state index is 0.0871. The van der Waals surface area contributed by atoms with E-state index in [9.17, 15) is 4.79 Å². The van der Waals surface area contributed by atoms with Gasteiger partial charge in [0.1, 0.15) is 5.84 Å². The number of benzene rings is 2. The van der Waals surface area contributed by atoms with E-state index in [2.05, 4.69) is 68.0 Å². The SMILES string of the molecule is Cc1ccc(Cc2ccc(C(N)=C(C=O)C(N)=NC3CCC(C)N(C)C3)cc2)c(C)c1. The summed E-state index contributed by atoms with van der Waals surface area (Å²) < 4.78 is 0. The van der Waals surface area contributed by atoms with Crippen molar-refractivity contribution in [3.05, 3.63) is 75.9 Å². The summed E-state index contributed by atoms with van der Waals surface area (Å²) >= 11 is 0. The Kier molecular flexibility index (Phi) is 7.29. The van der Waals surface area contributed by atoms with Crippen molar-refractivity contribution in [2.45, 2.75) is 52.1 Å². The van der Waals surface area contributed by atoms with Gasteiger partial charge >= 0.3 is 0 Å². The monoisotopic (exact) mass is 418 g/mol. The number of aliphatic imine (C=N–C) groups is 1. The molecule has 5 heteroatoms. The average Bonchev–Trinajstić information content (AvgIpc) is 2.74. The molecule has 164 valence electrons. The summed E-state index contributed by atoms with van der Waals surface area (Å²) in [6.07, 6.45) is 3.60. The van der Waals surface area contributed by atoms with E-state index in [0.717, 1.165) is 31.4 Å². The van der Waals surface area contributed by atoms with Crippen LogP contribution >= 0.6 is 0 Å². The molecule has 3 rings (SSSR count). The second-order valence-corrected chi connectivity index (χ2v) is 8.78. The van der Waals surface area contributed by atoms with Crippen LogP contribution in [-0.2, 0) is 11.2 Å². The first-order chi connectivity index (χ1) is 14.8. The molecule has 1 fully saturated rings. The molecule has 0 spiro atoms. The highest BCUT2D eigenvalue weighted by molar-refractivity contribution is 6.18. The van der Waals surface area contributed by atoms with E-state index < -0.39 is 0 Å².